The maximum Gasteiger partial charge on any atom is 0.229 e. The van der Waals surface area contributed by atoms with E-state index in [-0.39, 0.29) is 18.2 Å². The molecule has 0 atom stereocenters. The summed E-state index contributed by atoms with van der Waals surface area (Å²) in [5.41, 5.74) is 1.44. The molecule has 0 aromatic rings. The summed E-state index contributed by atoms with van der Waals surface area (Å²) in [5.74, 6) is -0.343. The van der Waals surface area contributed by atoms with Gasteiger partial charge in [0.1, 0.15) is 6.42 Å². The molecule has 0 heterocycles. The Kier molecular flexibility index (Phi) is 8.76. The molecule has 114 valence electrons. The summed E-state index contributed by atoms with van der Waals surface area (Å²) in [6, 6.07) is 0. The second-order valence-corrected chi connectivity index (χ2v) is 5.44. The minimum Gasteiger partial charge on any atom is -0.356 e. The molecule has 1 aliphatic rings. The molecule has 0 aromatic carbocycles. The van der Waals surface area contributed by atoms with Crippen LogP contribution in [-0.4, -0.2) is 24.9 Å². The number of unbranched alkanes of at least 4 members (excludes halogenated alkanes) is 2. The number of carbonyl (C=O) groups is 2. The van der Waals surface area contributed by atoms with Crippen molar-refractivity contribution in [2.45, 2.75) is 64.7 Å². The Morgan fingerprint density at radius 3 is 2.50 bits per heavy atom. The van der Waals surface area contributed by atoms with E-state index in [0.29, 0.717) is 13.1 Å². The lowest BCUT2D eigenvalue weighted by Gasteiger charge is -2.12. The van der Waals surface area contributed by atoms with Crippen molar-refractivity contribution in [3.8, 4) is 0 Å². The van der Waals surface area contributed by atoms with Crippen LogP contribution in [0.25, 0.3) is 0 Å². The zero-order valence-electron chi connectivity index (χ0n) is 12.7. The fourth-order valence-corrected chi connectivity index (χ4v) is 2.37. The molecule has 0 bridgehead atoms. The molecule has 0 aliphatic heterocycles. The van der Waals surface area contributed by atoms with E-state index in [4.69, 9.17) is 0 Å². The summed E-state index contributed by atoms with van der Waals surface area (Å²) in [4.78, 5) is 23.1. The van der Waals surface area contributed by atoms with E-state index in [1.54, 1.807) is 0 Å². The van der Waals surface area contributed by atoms with Gasteiger partial charge in [-0.15, -0.1) is 0 Å². The van der Waals surface area contributed by atoms with Crippen LogP contribution in [0.3, 0.4) is 0 Å². The first kappa shape index (κ1) is 16.7. The second-order valence-electron chi connectivity index (χ2n) is 5.44. The summed E-state index contributed by atoms with van der Waals surface area (Å²) in [6.07, 6.45) is 11.3. The average molecular weight is 280 g/mol. The van der Waals surface area contributed by atoms with E-state index in [1.165, 1.54) is 24.8 Å². The Balaban J connectivity index is 2.04. The molecule has 4 heteroatoms. The number of hydrogen-bond donors (Lipinski definition) is 2. The predicted molar refractivity (Wildman–Crippen MR) is 81.3 cm³/mol. The average Bonchev–Trinajstić information content (AvgIpc) is 2.45. The highest BCUT2D eigenvalue weighted by atomic mass is 16.2. The van der Waals surface area contributed by atoms with Crippen LogP contribution in [0.15, 0.2) is 11.6 Å². The third kappa shape index (κ3) is 7.97. The minimum absolute atomic E-state index is 0.0504. The van der Waals surface area contributed by atoms with Gasteiger partial charge in [0, 0.05) is 13.1 Å². The largest absolute Gasteiger partial charge is 0.356 e. The van der Waals surface area contributed by atoms with Crippen LogP contribution in [0, 0.1) is 0 Å². The van der Waals surface area contributed by atoms with Crippen molar-refractivity contribution in [3.05, 3.63) is 11.6 Å². The first-order chi connectivity index (χ1) is 9.72. The van der Waals surface area contributed by atoms with Gasteiger partial charge in [-0.2, -0.15) is 0 Å². The molecule has 4 nitrogen and oxygen atoms in total. The lowest BCUT2D eigenvalue weighted by Crippen LogP contribution is -2.32. The van der Waals surface area contributed by atoms with E-state index in [0.717, 1.165) is 32.1 Å². The maximum atomic E-state index is 11.6. The van der Waals surface area contributed by atoms with Crippen molar-refractivity contribution in [3.63, 3.8) is 0 Å². The quantitative estimate of drug-likeness (QED) is 0.387. The maximum absolute atomic E-state index is 11.6. The van der Waals surface area contributed by atoms with Crippen molar-refractivity contribution in [2.24, 2.45) is 0 Å². The van der Waals surface area contributed by atoms with Crippen molar-refractivity contribution >= 4 is 11.8 Å². The number of carbonyl (C=O) groups excluding carboxylic acids is 2. The summed E-state index contributed by atoms with van der Waals surface area (Å²) < 4.78 is 0. The molecule has 1 aliphatic carbocycles. The highest BCUT2D eigenvalue weighted by Crippen LogP contribution is 2.19. The van der Waals surface area contributed by atoms with Crippen LogP contribution in [0.4, 0.5) is 0 Å². The Morgan fingerprint density at radius 1 is 1.10 bits per heavy atom. The van der Waals surface area contributed by atoms with Crippen molar-refractivity contribution in [1.29, 1.82) is 0 Å². The molecule has 0 saturated carbocycles. The molecule has 2 amide bonds. The van der Waals surface area contributed by atoms with Crippen LogP contribution >= 0.6 is 0 Å². The smallest absolute Gasteiger partial charge is 0.229 e. The lowest BCUT2D eigenvalue weighted by molar-refractivity contribution is -0.129. The van der Waals surface area contributed by atoms with Crippen LogP contribution in [0.2, 0.25) is 0 Å². The molecular weight excluding hydrogens is 252 g/mol. The van der Waals surface area contributed by atoms with E-state index in [9.17, 15) is 9.59 Å². The first-order valence-corrected chi connectivity index (χ1v) is 7.93. The highest BCUT2D eigenvalue weighted by Gasteiger charge is 2.09. The number of amides is 2. The Morgan fingerprint density at radius 2 is 1.85 bits per heavy atom. The molecule has 0 radical (unpaired) electrons. The van der Waals surface area contributed by atoms with Crippen LogP contribution in [0.5, 0.6) is 0 Å². The molecule has 0 fully saturated rings. The van der Waals surface area contributed by atoms with Gasteiger partial charge in [0.15, 0.2) is 0 Å². The summed E-state index contributed by atoms with van der Waals surface area (Å²) in [5, 5.41) is 5.60. The summed E-state index contributed by atoms with van der Waals surface area (Å²) in [7, 11) is 0. The molecule has 20 heavy (non-hydrogen) atoms. The van der Waals surface area contributed by atoms with Gasteiger partial charge < -0.3 is 10.6 Å². The second kappa shape index (κ2) is 10.5. The lowest BCUT2D eigenvalue weighted by atomic mass is 9.97. The fourth-order valence-electron chi connectivity index (χ4n) is 2.37. The number of hydrogen-bond acceptors (Lipinski definition) is 2. The van der Waals surface area contributed by atoms with Crippen LogP contribution in [0.1, 0.15) is 64.7 Å². The monoisotopic (exact) mass is 280 g/mol. The van der Waals surface area contributed by atoms with E-state index >= 15 is 0 Å². The highest BCUT2D eigenvalue weighted by molar-refractivity contribution is 5.96. The molecule has 0 spiro atoms. The number of allylic oxidation sites excluding steroid dienone is 1. The van der Waals surface area contributed by atoms with E-state index < -0.39 is 0 Å². The van der Waals surface area contributed by atoms with Gasteiger partial charge >= 0.3 is 0 Å². The topological polar surface area (TPSA) is 58.2 Å². The minimum atomic E-state index is -0.172. The van der Waals surface area contributed by atoms with Gasteiger partial charge in [0.05, 0.1) is 0 Å². The molecule has 0 aromatic heterocycles. The number of nitrogens with one attached hydrogen (secondary N) is 2. The standard InChI is InChI=1S/C16H28N2O2/c1-2-3-7-11-17-15(19)13-16(20)18-12-10-14-8-5-4-6-9-14/h8H,2-7,9-13H2,1H3,(H,17,19)(H,18,20). The fraction of sp³-hybridized carbons (Fsp3) is 0.750. The van der Waals surface area contributed by atoms with Crippen LogP contribution in [-0.2, 0) is 9.59 Å². The van der Waals surface area contributed by atoms with Gasteiger partial charge in [0.25, 0.3) is 0 Å². The van der Waals surface area contributed by atoms with Gasteiger partial charge in [-0.25, -0.2) is 0 Å². The SMILES string of the molecule is CCCCCNC(=O)CC(=O)NCCC1=CCCCC1. The third-order valence-electron chi connectivity index (χ3n) is 3.58. The van der Waals surface area contributed by atoms with Crippen molar-refractivity contribution < 1.29 is 9.59 Å². The molecule has 0 unspecified atom stereocenters. The van der Waals surface area contributed by atoms with Gasteiger partial charge in [-0.05, 0) is 38.5 Å². The first-order valence-electron chi connectivity index (χ1n) is 7.93. The molecule has 0 saturated heterocycles. The third-order valence-corrected chi connectivity index (χ3v) is 3.58. The van der Waals surface area contributed by atoms with E-state index in [2.05, 4.69) is 23.6 Å². The van der Waals surface area contributed by atoms with Crippen molar-refractivity contribution in [1.82, 2.24) is 10.6 Å². The summed E-state index contributed by atoms with van der Waals surface area (Å²) >= 11 is 0. The Hall–Kier alpha value is -1.32. The number of rotatable bonds is 9. The predicted octanol–water partition coefficient (Wildman–Crippen LogP) is 2.69. The van der Waals surface area contributed by atoms with Gasteiger partial charge in [-0.3, -0.25) is 9.59 Å². The van der Waals surface area contributed by atoms with Crippen LogP contribution < -0.4 is 10.6 Å². The molecular formula is C16H28N2O2. The Labute approximate surface area is 122 Å². The van der Waals surface area contributed by atoms with Crippen molar-refractivity contribution in [2.75, 3.05) is 13.1 Å². The molecule has 2 N–H and O–H groups in total. The summed E-state index contributed by atoms with van der Waals surface area (Å²) in [6.45, 7) is 3.44. The zero-order valence-corrected chi connectivity index (χ0v) is 12.7. The Bertz CT molecular complexity index is 337. The van der Waals surface area contributed by atoms with E-state index in [1.807, 2.05) is 0 Å². The zero-order chi connectivity index (χ0) is 14.6. The normalized spacial score (nSPS) is 14.6. The van der Waals surface area contributed by atoms with Gasteiger partial charge in [-0.1, -0.05) is 31.4 Å². The molecule has 1 rings (SSSR count). The van der Waals surface area contributed by atoms with Gasteiger partial charge in [0.2, 0.25) is 11.8 Å².